The van der Waals surface area contributed by atoms with E-state index in [-0.39, 0.29) is 12.0 Å². The molecule has 0 aliphatic carbocycles. The number of benzene rings is 1. The smallest absolute Gasteiger partial charge is 0.405 e. The molecular weight excluding hydrogens is 192 g/mol. The van der Waals surface area contributed by atoms with Crippen LogP contribution in [0.15, 0.2) is 24.3 Å². The van der Waals surface area contributed by atoms with Gasteiger partial charge in [-0.1, -0.05) is 26.0 Å². The van der Waals surface area contributed by atoms with Crippen LogP contribution in [0, 0.1) is 5.92 Å². The monoisotopic (exact) mass is 208 g/mol. The van der Waals surface area contributed by atoms with Crippen molar-refractivity contribution in [2.24, 2.45) is 11.7 Å². The molecule has 0 heterocycles. The number of nitrogens with two attached hydrogens (primary N) is 2. The maximum Gasteiger partial charge on any atom is 0.405 e. The van der Waals surface area contributed by atoms with Crippen LogP contribution in [0.25, 0.3) is 0 Å². The highest BCUT2D eigenvalue weighted by molar-refractivity contribution is 5.65. The van der Waals surface area contributed by atoms with E-state index in [1.54, 1.807) is 12.1 Å². The number of hydrogen-bond acceptors (Lipinski definition) is 3. The van der Waals surface area contributed by atoms with E-state index in [4.69, 9.17) is 16.2 Å². The number of amides is 1. The maximum atomic E-state index is 10.7. The third-order valence-corrected chi connectivity index (χ3v) is 2.11. The molecule has 82 valence electrons. The zero-order valence-corrected chi connectivity index (χ0v) is 8.94. The fraction of sp³-hybridized carbons (Fsp3) is 0.364. The second kappa shape index (κ2) is 4.68. The summed E-state index contributed by atoms with van der Waals surface area (Å²) >= 11 is 0. The average molecular weight is 208 g/mol. The highest BCUT2D eigenvalue weighted by atomic mass is 16.6. The molecule has 0 saturated carbocycles. The summed E-state index contributed by atoms with van der Waals surface area (Å²) in [5.74, 6) is 0.168. The summed E-state index contributed by atoms with van der Waals surface area (Å²) in [6.45, 7) is 3.92. The maximum absolute atomic E-state index is 10.7. The first-order valence-corrected chi connectivity index (χ1v) is 4.82. The third-order valence-electron chi connectivity index (χ3n) is 2.11. The Morgan fingerprint density at radius 2 is 1.80 bits per heavy atom. The summed E-state index contributed by atoms with van der Waals surface area (Å²) in [6.07, 6.45) is -1.08. The van der Waals surface area contributed by atoms with Crippen LogP contribution in [0.4, 0.5) is 10.5 Å². The lowest BCUT2D eigenvalue weighted by Gasteiger charge is -2.20. The van der Waals surface area contributed by atoms with Crippen LogP contribution in [0.1, 0.15) is 25.5 Å². The molecule has 4 nitrogen and oxygen atoms in total. The minimum atomic E-state index is -0.759. The van der Waals surface area contributed by atoms with Crippen LogP contribution in [0.3, 0.4) is 0 Å². The highest BCUT2D eigenvalue weighted by Gasteiger charge is 2.18. The quantitative estimate of drug-likeness (QED) is 0.746. The molecule has 0 aliphatic heterocycles. The molecule has 4 heteroatoms. The fourth-order valence-corrected chi connectivity index (χ4v) is 1.40. The van der Waals surface area contributed by atoms with Gasteiger partial charge in [0, 0.05) is 5.69 Å². The SMILES string of the molecule is CC(C)C(OC(N)=O)c1ccc(N)cc1. The molecule has 1 amide bonds. The molecule has 1 aromatic rings. The molecule has 1 unspecified atom stereocenters. The number of rotatable bonds is 3. The molecular formula is C11H16N2O2. The van der Waals surface area contributed by atoms with Crippen molar-refractivity contribution in [1.29, 1.82) is 0 Å². The summed E-state index contributed by atoms with van der Waals surface area (Å²) in [7, 11) is 0. The Labute approximate surface area is 89.2 Å². The van der Waals surface area contributed by atoms with Crippen molar-refractivity contribution >= 4 is 11.8 Å². The van der Waals surface area contributed by atoms with Crippen LogP contribution in [0.5, 0.6) is 0 Å². The summed E-state index contributed by atoms with van der Waals surface area (Å²) in [5, 5.41) is 0. The van der Waals surface area contributed by atoms with Gasteiger partial charge in [0.05, 0.1) is 0 Å². The standard InChI is InChI=1S/C11H16N2O2/c1-7(2)10(15-11(13)14)8-3-5-9(12)6-4-8/h3-7,10H,12H2,1-2H3,(H2,13,14). The van der Waals surface area contributed by atoms with Gasteiger partial charge >= 0.3 is 6.09 Å². The van der Waals surface area contributed by atoms with E-state index < -0.39 is 6.09 Å². The minimum Gasteiger partial charge on any atom is -0.441 e. The topological polar surface area (TPSA) is 78.3 Å². The minimum absolute atomic E-state index is 0.168. The van der Waals surface area contributed by atoms with Crippen molar-refractivity contribution < 1.29 is 9.53 Å². The van der Waals surface area contributed by atoms with Crippen molar-refractivity contribution in [1.82, 2.24) is 0 Å². The lowest BCUT2D eigenvalue weighted by molar-refractivity contribution is 0.0784. The largest absolute Gasteiger partial charge is 0.441 e. The number of anilines is 1. The number of primary amides is 1. The number of nitrogen functional groups attached to an aromatic ring is 1. The zero-order chi connectivity index (χ0) is 11.4. The Balaban J connectivity index is 2.88. The predicted octanol–water partition coefficient (Wildman–Crippen LogP) is 2.06. The van der Waals surface area contributed by atoms with Crippen LogP contribution >= 0.6 is 0 Å². The predicted molar refractivity (Wildman–Crippen MR) is 59.1 cm³/mol. The Kier molecular flexibility index (Phi) is 3.55. The van der Waals surface area contributed by atoms with Crippen molar-refractivity contribution in [3.8, 4) is 0 Å². The first-order valence-electron chi connectivity index (χ1n) is 4.82. The zero-order valence-electron chi connectivity index (χ0n) is 8.94. The normalized spacial score (nSPS) is 12.5. The summed E-state index contributed by atoms with van der Waals surface area (Å²) in [6, 6.07) is 7.22. The van der Waals surface area contributed by atoms with E-state index >= 15 is 0 Å². The Bertz CT molecular complexity index is 333. The van der Waals surface area contributed by atoms with Gasteiger partial charge in [0.2, 0.25) is 0 Å². The third kappa shape index (κ3) is 3.16. The number of carbonyl (C=O) groups is 1. The summed E-state index contributed by atoms with van der Waals surface area (Å²) < 4.78 is 5.04. The van der Waals surface area contributed by atoms with Gasteiger partial charge in [0.1, 0.15) is 6.10 Å². The second-order valence-electron chi connectivity index (χ2n) is 3.77. The van der Waals surface area contributed by atoms with Crippen LogP contribution in [-0.4, -0.2) is 6.09 Å². The van der Waals surface area contributed by atoms with Crippen molar-refractivity contribution in [3.63, 3.8) is 0 Å². The number of ether oxygens (including phenoxy) is 1. The molecule has 0 spiro atoms. The van der Waals surface area contributed by atoms with Gasteiger partial charge in [-0.25, -0.2) is 4.79 Å². The molecule has 0 aliphatic rings. The molecule has 0 fully saturated rings. The van der Waals surface area contributed by atoms with E-state index in [1.165, 1.54) is 0 Å². The molecule has 4 N–H and O–H groups in total. The number of carbonyl (C=O) groups excluding carboxylic acids is 1. The summed E-state index contributed by atoms with van der Waals surface area (Å²) in [5.41, 5.74) is 12.2. The van der Waals surface area contributed by atoms with Crippen molar-refractivity contribution in [3.05, 3.63) is 29.8 Å². The molecule has 1 rings (SSSR count). The number of hydrogen-bond donors (Lipinski definition) is 2. The van der Waals surface area contributed by atoms with Crippen LogP contribution in [0.2, 0.25) is 0 Å². The lowest BCUT2D eigenvalue weighted by Crippen LogP contribution is -2.20. The van der Waals surface area contributed by atoms with Gasteiger partial charge in [-0.15, -0.1) is 0 Å². The van der Waals surface area contributed by atoms with Gasteiger partial charge in [-0.3, -0.25) is 0 Å². The van der Waals surface area contributed by atoms with Crippen LogP contribution < -0.4 is 11.5 Å². The molecule has 0 radical (unpaired) electrons. The Morgan fingerprint density at radius 3 is 2.20 bits per heavy atom. The molecule has 15 heavy (non-hydrogen) atoms. The molecule has 0 aromatic heterocycles. The van der Waals surface area contributed by atoms with E-state index in [0.29, 0.717) is 5.69 Å². The first kappa shape index (κ1) is 11.4. The highest BCUT2D eigenvalue weighted by Crippen LogP contribution is 2.26. The van der Waals surface area contributed by atoms with Gasteiger partial charge in [0.15, 0.2) is 0 Å². The fourth-order valence-electron chi connectivity index (χ4n) is 1.40. The Hall–Kier alpha value is -1.71. The van der Waals surface area contributed by atoms with E-state index in [0.717, 1.165) is 5.56 Å². The Morgan fingerprint density at radius 1 is 1.27 bits per heavy atom. The molecule has 0 bridgehead atoms. The van der Waals surface area contributed by atoms with Gasteiger partial charge in [-0.05, 0) is 23.6 Å². The van der Waals surface area contributed by atoms with Crippen LogP contribution in [-0.2, 0) is 4.74 Å². The van der Waals surface area contributed by atoms with Crippen molar-refractivity contribution in [2.45, 2.75) is 20.0 Å². The second-order valence-corrected chi connectivity index (χ2v) is 3.77. The van der Waals surface area contributed by atoms with E-state index in [1.807, 2.05) is 26.0 Å². The molecule has 1 atom stereocenters. The van der Waals surface area contributed by atoms with Gasteiger partial charge in [-0.2, -0.15) is 0 Å². The molecule has 0 saturated heterocycles. The average Bonchev–Trinajstić information content (AvgIpc) is 2.15. The van der Waals surface area contributed by atoms with E-state index in [9.17, 15) is 4.79 Å². The van der Waals surface area contributed by atoms with Gasteiger partial charge < -0.3 is 16.2 Å². The summed E-state index contributed by atoms with van der Waals surface area (Å²) in [4.78, 5) is 10.7. The van der Waals surface area contributed by atoms with E-state index in [2.05, 4.69) is 0 Å². The van der Waals surface area contributed by atoms with Crippen molar-refractivity contribution in [2.75, 3.05) is 5.73 Å². The molecule has 1 aromatic carbocycles. The van der Waals surface area contributed by atoms with Gasteiger partial charge in [0.25, 0.3) is 0 Å². The lowest BCUT2D eigenvalue weighted by atomic mass is 9.99. The first-order chi connectivity index (χ1) is 7.00.